The Hall–Kier alpha value is -1.70. The predicted octanol–water partition coefficient (Wildman–Crippen LogP) is 1.69. The second-order valence-electron chi connectivity index (χ2n) is 4.47. The lowest BCUT2D eigenvalue weighted by Gasteiger charge is -2.12. The van der Waals surface area contributed by atoms with Crippen molar-refractivity contribution in [3.05, 3.63) is 33.3 Å². The van der Waals surface area contributed by atoms with E-state index in [4.69, 9.17) is 22.1 Å². The topological polar surface area (TPSA) is 107 Å². The van der Waals surface area contributed by atoms with Crippen LogP contribution in [0.1, 0.15) is 12.8 Å². The zero-order valence-electron chi connectivity index (χ0n) is 10.5. The van der Waals surface area contributed by atoms with Crippen LogP contribution in [0, 0.1) is 10.1 Å². The first-order valence-corrected chi connectivity index (χ1v) is 6.49. The zero-order chi connectivity index (χ0) is 14.7. The molecule has 108 valence electrons. The summed E-state index contributed by atoms with van der Waals surface area (Å²) in [7, 11) is 0. The van der Waals surface area contributed by atoms with Gasteiger partial charge < -0.3 is 15.8 Å². The SMILES string of the molecule is NCC1CCC(C(=O)Nc2ccc(Cl)c([N+](=O)[O-])c2)O1. The lowest BCUT2D eigenvalue weighted by atomic mass is 10.2. The fraction of sp³-hybridized carbons (Fsp3) is 0.417. The van der Waals surface area contributed by atoms with E-state index in [-0.39, 0.29) is 22.7 Å². The number of nitrogens with one attached hydrogen (secondary N) is 1. The number of ether oxygens (including phenoxy) is 1. The third-order valence-corrected chi connectivity index (χ3v) is 3.39. The van der Waals surface area contributed by atoms with Gasteiger partial charge in [0.15, 0.2) is 0 Å². The monoisotopic (exact) mass is 299 g/mol. The molecule has 2 atom stereocenters. The molecule has 2 rings (SSSR count). The van der Waals surface area contributed by atoms with Crippen LogP contribution in [0.5, 0.6) is 0 Å². The molecule has 1 amide bonds. The molecule has 0 saturated carbocycles. The summed E-state index contributed by atoms with van der Waals surface area (Å²) in [6.45, 7) is 0.371. The maximum Gasteiger partial charge on any atom is 0.289 e. The summed E-state index contributed by atoms with van der Waals surface area (Å²) in [6.07, 6.45) is 0.641. The smallest absolute Gasteiger partial charge is 0.289 e. The summed E-state index contributed by atoms with van der Waals surface area (Å²) >= 11 is 5.70. The summed E-state index contributed by atoms with van der Waals surface area (Å²) < 4.78 is 5.45. The number of nitro groups is 1. The van der Waals surface area contributed by atoms with Gasteiger partial charge in [-0.05, 0) is 25.0 Å². The van der Waals surface area contributed by atoms with Crippen molar-refractivity contribution >= 4 is 28.9 Å². The van der Waals surface area contributed by atoms with E-state index in [0.29, 0.717) is 18.7 Å². The molecule has 1 saturated heterocycles. The Morgan fingerprint density at radius 1 is 1.55 bits per heavy atom. The summed E-state index contributed by atoms with van der Waals surface area (Å²) in [5.41, 5.74) is 5.53. The number of benzene rings is 1. The Kier molecular flexibility index (Phi) is 4.53. The molecule has 1 fully saturated rings. The largest absolute Gasteiger partial charge is 0.364 e. The highest BCUT2D eigenvalue weighted by molar-refractivity contribution is 6.32. The molecule has 7 nitrogen and oxygen atoms in total. The second-order valence-corrected chi connectivity index (χ2v) is 4.88. The van der Waals surface area contributed by atoms with Crippen molar-refractivity contribution < 1.29 is 14.5 Å². The van der Waals surface area contributed by atoms with Crippen molar-refractivity contribution in [3.63, 3.8) is 0 Å². The normalized spacial score (nSPS) is 21.7. The van der Waals surface area contributed by atoms with Gasteiger partial charge in [0.1, 0.15) is 11.1 Å². The predicted molar refractivity (Wildman–Crippen MR) is 73.7 cm³/mol. The molecule has 20 heavy (non-hydrogen) atoms. The van der Waals surface area contributed by atoms with Crippen LogP contribution in [0.2, 0.25) is 5.02 Å². The lowest BCUT2D eigenvalue weighted by Crippen LogP contribution is -2.29. The number of carbonyl (C=O) groups is 1. The maximum atomic E-state index is 12.0. The van der Waals surface area contributed by atoms with Gasteiger partial charge in [0.05, 0.1) is 11.0 Å². The van der Waals surface area contributed by atoms with Crippen LogP contribution < -0.4 is 11.1 Å². The molecule has 2 unspecified atom stereocenters. The average molecular weight is 300 g/mol. The van der Waals surface area contributed by atoms with Gasteiger partial charge in [0.2, 0.25) is 0 Å². The van der Waals surface area contributed by atoms with Crippen LogP contribution in [0.15, 0.2) is 18.2 Å². The molecule has 0 aromatic heterocycles. The van der Waals surface area contributed by atoms with Crippen molar-refractivity contribution in [1.82, 2.24) is 0 Å². The highest BCUT2D eigenvalue weighted by atomic mass is 35.5. The summed E-state index contributed by atoms with van der Waals surface area (Å²) in [5.74, 6) is -0.336. The first kappa shape index (κ1) is 14.7. The van der Waals surface area contributed by atoms with E-state index in [1.165, 1.54) is 18.2 Å². The molecule has 0 spiro atoms. The van der Waals surface area contributed by atoms with Gasteiger partial charge in [-0.25, -0.2) is 0 Å². The summed E-state index contributed by atoms with van der Waals surface area (Å²) in [5, 5.41) is 13.4. The van der Waals surface area contributed by atoms with Crippen molar-refractivity contribution in [2.24, 2.45) is 5.73 Å². The van der Waals surface area contributed by atoms with Crippen molar-refractivity contribution in [2.75, 3.05) is 11.9 Å². The highest BCUT2D eigenvalue weighted by Crippen LogP contribution is 2.28. The van der Waals surface area contributed by atoms with Gasteiger partial charge in [0.25, 0.3) is 11.6 Å². The van der Waals surface area contributed by atoms with Gasteiger partial charge in [-0.1, -0.05) is 11.6 Å². The van der Waals surface area contributed by atoms with Crippen LogP contribution in [-0.4, -0.2) is 29.6 Å². The van der Waals surface area contributed by atoms with E-state index in [0.717, 1.165) is 6.42 Å². The Labute approximate surface area is 120 Å². The summed E-state index contributed by atoms with van der Waals surface area (Å²) in [6, 6.07) is 4.09. The fourth-order valence-corrected chi connectivity index (χ4v) is 2.21. The Morgan fingerprint density at radius 2 is 2.30 bits per heavy atom. The first-order valence-electron chi connectivity index (χ1n) is 6.11. The number of nitro benzene ring substituents is 1. The minimum absolute atomic E-state index is 0.0216. The minimum Gasteiger partial charge on any atom is -0.364 e. The Morgan fingerprint density at radius 3 is 2.90 bits per heavy atom. The molecule has 8 heteroatoms. The highest BCUT2D eigenvalue weighted by Gasteiger charge is 2.30. The van der Waals surface area contributed by atoms with E-state index >= 15 is 0 Å². The van der Waals surface area contributed by atoms with Crippen molar-refractivity contribution in [1.29, 1.82) is 0 Å². The van der Waals surface area contributed by atoms with Gasteiger partial charge in [-0.3, -0.25) is 14.9 Å². The number of amides is 1. The van der Waals surface area contributed by atoms with E-state index in [1.54, 1.807) is 0 Å². The van der Waals surface area contributed by atoms with E-state index in [2.05, 4.69) is 5.32 Å². The third kappa shape index (κ3) is 3.24. The molecule has 0 aliphatic carbocycles. The van der Waals surface area contributed by atoms with E-state index in [1.807, 2.05) is 0 Å². The lowest BCUT2D eigenvalue weighted by molar-refractivity contribution is -0.384. The number of hydrogen-bond donors (Lipinski definition) is 2. The number of hydrogen-bond acceptors (Lipinski definition) is 5. The van der Waals surface area contributed by atoms with Crippen LogP contribution >= 0.6 is 11.6 Å². The number of anilines is 1. The number of rotatable bonds is 4. The fourth-order valence-electron chi connectivity index (χ4n) is 2.03. The number of halogens is 1. The molecule has 0 radical (unpaired) electrons. The molecular weight excluding hydrogens is 286 g/mol. The number of nitrogens with zero attached hydrogens (tertiary/aromatic N) is 1. The molecule has 1 aliphatic rings. The zero-order valence-corrected chi connectivity index (χ0v) is 11.3. The van der Waals surface area contributed by atoms with Crippen LogP contribution in [-0.2, 0) is 9.53 Å². The average Bonchev–Trinajstić information content (AvgIpc) is 2.89. The Bertz CT molecular complexity index is 537. The molecule has 1 aromatic carbocycles. The van der Waals surface area contributed by atoms with Crippen LogP contribution in [0.25, 0.3) is 0 Å². The molecule has 3 N–H and O–H groups in total. The van der Waals surface area contributed by atoms with Crippen molar-refractivity contribution in [2.45, 2.75) is 25.0 Å². The van der Waals surface area contributed by atoms with E-state index < -0.39 is 11.0 Å². The quantitative estimate of drug-likeness (QED) is 0.650. The molecule has 1 aromatic rings. The van der Waals surface area contributed by atoms with Crippen LogP contribution in [0.3, 0.4) is 0 Å². The van der Waals surface area contributed by atoms with Crippen LogP contribution in [0.4, 0.5) is 11.4 Å². The molecule has 1 heterocycles. The van der Waals surface area contributed by atoms with Gasteiger partial charge >= 0.3 is 0 Å². The second kappa shape index (κ2) is 6.17. The Balaban J connectivity index is 2.05. The van der Waals surface area contributed by atoms with Gasteiger partial charge in [0, 0.05) is 18.3 Å². The summed E-state index contributed by atoms with van der Waals surface area (Å²) in [4.78, 5) is 22.1. The number of carbonyl (C=O) groups excluding carboxylic acids is 1. The molecule has 0 bridgehead atoms. The van der Waals surface area contributed by atoms with E-state index in [9.17, 15) is 14.9 Å². The number of nitrogens with two attached hydrogens (primary N) is 1. The standard InChI is InChI=1S/C12H14ClN3O4/c13-9-3-1-7(5-10(9)16(18)19)15-12(17)11-4-2-8(6-14)20-11/h1,3,5,8,11H,2,4,6,14H2,(H,15,17). The maximum absolute atomic E-state index is 12.0. The van der Waals surface area contributed by atoms with Crippen molar-refractivity contribution in [3.8, 4) is 0 Å². The first-order chi connectivity index (χ1) is 9.51. The molecular formula is C12H14ClN3O4. The van der Waals surface area contributed by atoms with Gasteiger partial charge in [-0.2, -0.15) is 0 Å². The third-order valence-electron chi connectivity index (χ3n) is 3.07. The molecule has 1 aliphatic heterocycles. The van der Waals surface area contributed by atoms with Gasteiger partial charge in [-0.15, -0.1) is 0 Å². The minimum atomic E-state index is -0.603.